The van der Waals surface area contributed by atoms with Crippen LogP contribution in [0.5, 0.6) is 0 Å². The maximum atomic E-state index is 9.40. The molecule has 3 heterocycles. The number of nitrogens with zero attached hydrogens (tertiary/aromatic N) is 7. The van der Waals surface area contributed by atoms with E-state index in [0.717, 1.165) is 35.6 Å². The first-order valence-corrected chi connectivity index (χ1v) is 10.0. The van der Waals surface area contributed by atoms with Gasteiger partial charge in [-0.2, -0.15) is 5.26 Å². The Morgan fingerprint density at radius 1 is 1.10 bits per heavy atom. The van der Waals surface area contributed by atoms with E-state index in [4.69, 9.17) is 4.99 Å². The van der Waals surface area contributed by atoms with Gasteiger partial charge in [-0.05, 0) is 36.2 Å². The number of hydrogen-bond acceptors (Lipinski definition) is 6. The molecule has 0 amide bonds. The lowest BCUT2D eigenvalue weighted by Gasteiger charge is -2.44. The van der Waals surface area contributed by atoms with E-state index in [1.807, 2.05) is 36.4 Å². The number of guanidine groups is 1. The highest BCUT2D eigenvalue weighted by molar-refractivity contribution is 5.94. The molecule has 1 saturated heterocycles. The van der Waals surface area contributed by atoms with Gasteiger partial charge in [0.1, 0.15) is 0 Å². The molecule has 8 nitrogen and oxygen atoms in total. The highest BCUT2D eigenvalue weighted by Gasteiger charge is 2.32. The number of hydrogen-bond donors (Lipinski definition) is 1. The van der Waals surface area contributed by atoms with Gasteiger partial charge >= 0.3 is 0 Å². The van der Waals surface area contributed by atoms with Crippen molar-refractivity contribution in [2.24, 2.45) is 10.9 Å². The number of benzene rings is 1. The first-order valence-electron chi connectivity index (χ1n) is 10.0. The van der Waals surface area contributed by atoms with Gasteiger partial charge in [0, 0.05) is 43.6 Å². The summed E-state index contributed by atoms with van der Waals surface area (Å²) >= 11 is 0. The molecule has 0 aliphatic carbocycles. The molecule has 0 saturated carbocycles. The van der Waals surface area contributed by atoms with Crippen LogP contribution in [0.15, 0.2) is 60.0 Å². The monoisotopic (exact) mass is 400 g/mol. The molecule has 1 N–H and O–H groups in total. The minimum atomic E-state index is 0.148. The normalized spacial score (nSPS) is 17.3. The number of pyridine rings is 1. The molecule has 1 fully saturated rings. The predicted octanol–water partition coefficient (Wildman–Crippen LogP) is 2.93. The molecule has 152 valence electrons. The maximum Gasteiger partial charge on any atom is 0.225 e. The quantitative estimate of drug-likeness (QED) is 0.313. The van der Waals surface area contributed by atoms with Crippen molar-refractivity contribution in [1.29, 1.82) is 5.26 Å². The summed E-state index contributed by atoms with van der Waals surface area (Å²) in [5.74, 6) is 1.63. The van der Waals surface area contributed by atoms with Crippen LogP contribution in [-0.2, 0) is 0 Å². The lowest BCUT2D eigenvalue weighted by molar-refractivity contribution is 0.219. The van der Waals surface area contributed by atoms with Crippen molar-refractivity contribution in [2.45, 2.75) is 19.9 Å². The second-order valence-electron chi connectivity index (χ2n) is 7.52. The highest BCUT2D eigenvalue weighted by Crippen LogP contribution is 2.26. The molecule has 8 heteroatoms. The van der Waals surface area contributed by atoms with Crippen molar-refractivity contribution in [3.63, 3.8) is 0 Å². The summed E-state index contributed by atoms with van der Waals surface area (Å²) in [4.78, 5) is 22.4. The lowest BCUT2D eigenvalue weighted by atomic mass is 10.00. The average Bonchev–Trinajstić information content (AvgIpc) is 2.79. The van der Waals surface area contributed by atoms with Crippen LogP contribution in [0.3, 0.4) is 0 Å². The van der Waals surface area contributed by atoms with E-state index < -0.39 is 0 Å². The predicted molar refractivity (Wildman–Crippen MR) is 117 cm³/mol. The van der Waals surface area contributed by atoms with Crippen LogP contribution in [0.25, 0.3) is 10.9 Å². The summed E-state index contributed by atoms with van der Waals surface area (Å²) in [6.45, 7) is 6.57. The first-order chi connectivity index (χ1) is 14.7. The Balaban J connectivity index is 1.68. The van der Waals surface area contributed by atoms with Crippen molar-refractivity contribution in [1.82, 2.24) is 25.2 Å². The zero-order chi connectivity index (χ0) is 20.9. The number of rotatable bonds is 3. The van der Waals surface area contributed by atoms with E-state index >= 15 is 0 Å². The van der Waals surface area contributed by atoms with Crippen LogP contribution in [0.2, 0.25) is 0 Å². The fourth-order valence-electron chi connectivity index (χ4n) is 3.79. The third kappa shape index (κ3) is 4.01. The number of nitriles is 1. The van der Waals surface area contributed by atoms with Gasteiger partial charge in [-0.3, -0.25) is 10.3 Å². The average molecular weight is 400 g/mol. The van der Waals surface area contributed by atoms with Crippen molar-refractivity contribution in [3.05, 3.63) is 55.0 Å². The minimum absolute atomic E-state index is 0.148. The Labute approximate surface area is 175 Å². The fraction of sp³-hybridized carbons (Fsp3) is 0.318. The summed E-state index contributed by atoms with van der Waals surface area (Å²) in [5, 5.41) is 13.2. The van der Waals surface area contributed by atoms with Gasteiger partial charge in [0.2, 0.25) is 11.9 Å². The van der Waals surface area contributed by atoms with Crippen molar-refractivity contribution in [2.75, 3.05) is 24.5 Å². The summed E-state index contributed by atoms with van der Waals surface area (Å²) in [6, 6.07) is 11.7. The molecule has 1 aliphatic rings. The molecular weight excluding hydrogens is 376 g/mol. The zero-order valence-electron chi connectivity index (χ0n) is 17.1. The zero-order valence-corrected chi connectivity index (χ0v) is 17.1. The van der Waals surface area contributed by atoms with Gasteiger partial charge in [0.05, 0.1) is 17.2 Å². The van der Waals surface area contributed by atoms with Gasteiger partial charge in [-0.15, -0.1) is 0 Å². The van der Waals surface area contributed by atoms with E-state index in [-0.39, 0.29) is 6.04 Å². The molecule has 2 aromatic heterocycles. The second kappa shape index (κ2) is 8.74. The Morgan fingerprint density at radius 3 is 2.67 bits per heavy atom. The molecule has 1 aromatic carbocycles. The van der Waals surface area contributed by atoms with Crippen LogP contribution < -0.4 is 10.2 Å². The third-order valence-corrected chi connectivity index (χ3v) is 5.31. The van der Waals surface area contributed by atoms with Crippen molar-refractivity contribution >= 4 is 28.5 Å². The summed E-state index contributed by atoms with van der Waals surface area (Å²) in [5.41, 5.74) is 1.66. The smallest absolute Gasteiger partial charge is 0.225 e. The SMILES string of the molecule is CC(C)C1CN(c2ncccn2)CCN1C(=Nc1cccc2ncccc12)NC#N. The summed E-state index contributed by atoms with van der Waals surface area (Å²) in [6.07, 6.45) is 7.35. The number of aromatic nitrogens is 3. The van der Waals surface area contributed by atoms with Gasteiger partial charge in [0.15, 0.2) is 6.19 Å². The molecule has 0 spiro atoms. The molecule has 1 aliphatic heterocycles. The number of piperazine rings is 1. The largest absolute Gasteiger partial charge is 0.337 e. The molecule has 0 bridgehead atoms. The van der Waals surface area contributed by atoms with Crippen LogP contribution in [0.4, 0.5) is 11.6 Å². The van der Waals surface area contributed by atoms with Gasteiger partial charge in [-0.1, -0.05) is 19.9 Å². The number of anilines is 1. The number of fused-ring (bicyclic) bond motifs is 1. The van der Waals surface area contributed by atoms with Gasteiger partial charge in [-0.25, -0.2) is 15.0 Å². The van der Waals surface area contributed by atoms with E-state index in [2.05, 4.69) is 50.1 Å². The van der Waals surface area contributed by atoms with Crippen LogP contribution >= 0.6 is 0 Å². The topological polar surface area (TPSA) is 93.3 Å². The molecular formula is C22H24N8. The van der Waals surface area contributed by atoms with Crippen molar-refractivity contribution in [3.8, 4) is 6.19 Å². The minimum Gasteiger partial charge on any atom is -0.337 e. The van der Waals surface area contributed by atoms with Crippen LogP contribution in [0, 0.1) is 17.4 Å². The third-order valence-electron chi connectivity index (χ3n) is 5.31. The molecule has 30 heavy (non-hydrogen) atoms. The highest BCUT2D eigenvalue weighted by atomic mass is 15.4. The lowest BCUT2D eigenvalue weighted by Crippen LogP contribution is -2.59. The van der Waals surface area contributed by atoms with Crippen molar-refractivity contribution < 1.29 is 0 Å². The van der Waals surface area contributed by atoms with E-state index in [1.165, 1.54) is 0 Å². The number of nitrogens with one attached hydrogen (secondary N) is 1. The maximum absolute atomic E-state index is 9.40. The molecule has 3 aromatic rings. The summed E-state index contributed by atoms with van der Waals surface area (Å²) in [7, 11) is 0. The van der Waals surface area contributed by atoms with Gasteiger partial charge < -0.3 is 9.80 Å². The molecule has 4 rings (SSSR count). The van der Waals surface area contributed by atoms with E-state index in [1.54, 1.807) is 18.6 Å². The fourth-order valence-corrected chi connectivity index (χ4v) is 3.79. The Morgan fingerprint density at radius 2 is 1.90 bits per heavy atom. The Kier molecular flexibility index (Phi) is 5.70. The molecule has 1 atom stereocenters. The molecule has 1 unspecified atom stereocenters. The Hall–Kier alpha value is -3.73. The Bertz CT molecular complexity index is 1070. The van der Waals surface area contributed by atoms with E-state index in [9.17, 15) is 5.26 Å². The standard InChI is InChI=1S/C22H24N8/c1-16(2)20-14-29(21-25-10-5-11-26-21)12-13-30(20)22(27-15-23)28-19-8-3-7-18-17(19)6-4-9-24-18/h3-11,16,20H,12-14H2,1-2H3,(H,27,28). The second-order valence-corrected chi connectivity index (χ2v) is 7.52. The summed E-state index contributed by atoms with van der Waals surface area (Å²) < 4.78 is 0. The first kappa shape index (κ1) is 19.6. The van der Waals surface area contributed by atoms with Gasteiger partial charge in [0.25, 0.3) is 0 Å². The van der Waals surface area contributed by atoms with E-state index in [0.29, 0.717) is 18.4 Å². The molecule has 0 radical (unpaired) electrons. The van der Waals surface area contributed by atoms with Crippen LogP contribution in [0.1, 0.15) is 13.8 Å². The van der Waals surface area contributed by atoms with Crippen LogP contribution in [-0.4, -0.2) is 51.5 Å². The number of aliphatic imine (C=N–C) groups is 1.